The SMILES string of the molecule is CC(=O)NCB1O[C@@H]2C[C@@H]3C[C@@H](C3(C)C)[C@]2(C)O1. The van der Waals surface area contributed by atoms with Crippen molar-refractivity contribution in [3.05, 3.63) is 0 Å². The van der Waals surface area contributed by atoms with E-state index in [1.54, 1.807) is 0 Å². The Kier molecular flexibility index (Phi) is 2.59. The Bertz CT molecular complexity index is 386. The van der Waals surface area contributed by atoms with Gasteiger partial charge in [-0.25, -0.2) is 0 Å². The van der Waals surface area contributed by atoms with Crippen LogP contribution >= 0.6 is 0 Å². The first kappa shape index (κ1) is 12.5. The summed E-state index contributed by atoms with van der Waals surface area (Å²) in [5.74, 6) is 1.31. The number of amides is 1. The maximum absolute atomic E-state index is 10.9. The van der Waals surface area contributed by atoms with Gasteiger partial charge in [0, 0.05) is 6.92 Å². The quantitative estimate of drug-likeness (QED) is 0.754. The third-order valence-corrected chi connectivity index (χ3v) is 5.52. The van der Waals surface area contributed by atoms with Gasteiger partial charge in [0.2, 0.25) is 5.91 Å². The van der Waals surface area contributed by atoms with E-state index in [1.807, 2.05) is 0 Å². The van der Waals surface area contributed by atoms with Crippen molar-refractivity contribution in [1.29, 1.82) is 0 Å². The molecular formula is C13H22BNO3. The smallest absolute Gasteiger partial charge is 0.404 e. The molecule has 0 spiro atoms. The van der Waals surface area contributed by atoms with Crippen LogP contribution in [-0.2, 0) is 14.1 Å². The maximum Gasteiger partial charge on any atom is 0.478 e. The minimum absolute atomic E-state index is 0.0353. The standard InChI is InChI=1S/C13H22BNO3/c1-8(16)15-7-14-17-11-6-9-5-10(12(9,2)3)13(11,4)18-14/h9-11H,5-7H2,1-4H3,(H,15,16)/t9-,10-,11+,13-/m0/s1. The Morgan fingerprint density at radius 2 is 2.11 bits per heavy atom. The van der Waals surface area contributed by atoms with Crippen molar-refractivity contribution in [3.63, 3.8) is 0 Å². The second kappa shape index (κ2) is 3.73. The highest BCUT2D eigenvalue weighted by atomic mass is 16.7. The Morgan fingerprint density at radius 1 is 1.39 bits per heavy atom. The van der Waals surface area contributed by atoms with Crippen LogP contribution in [-0.4, -0.2) is 31.2 Å². The zero-order valence-corrected chi connectivity index (χ0v) is 11.7. The molecule has 4 aliphatic rings. The first-order chi connectivity index (χ1) is 8.34. The summed E-state index contributed by atoms with van der Waals surface area (Å²) in [5, 5.41) is 2.77. The molecule has 2 bridgehead atoms. The van der Waals surface area contributed by atoms with Crippen LogP contribution in [0.25, 0.3) is 0 Å². The summed E-state index contributed by atoms with van der Waals surface area (Å²) < 4.78 is 12.1. The summed E-state index contributed by atoms with van der Waals surface area (Å²) in [7, 11) is -0.279. The second-order valence-corrected chi connectivity index (χ2v) is 6.84. The van der Waals surface area contributed by atoms with Gasteiger partial charge in [-0.15, -0.1) is 0 Å². The summed E-state index contributed by atoms with van der Waals surface area (Å²) in [4.78, 5) is 10.9. The van der Waals surface area contributed by atoms with Gasteiger partial charge in [0.05, 0.1) is 18.1 Å². The van der Waals surface area contributed by atoms with Gasteiger partial charge in [-0.3, -0.25) is 4.79 Å². The van der Waals surface area contributed by atoms with E-state index in [0.717, 1.165) is 12.3 Å². The fraction of sp³-hybridized carbons (Fsp3) is 0.923. The highest BCUT2D eigenvalue weighted by molar-refractivity contribution is 6.45. The highest BCUT2D eigenvalue weighted by Gasteiger charge is 2.67. The van der Waals surface area contributed by atoms with Crippen LogP contribution in [0, 0.1) is 17.3 Å². The molecule has 5 heteroatoms. The van der Waals surface area contributed by atoms with Crippen molar-refractivity contribution < 1.29 is 14.1 Å². The van der Waals surface area contributed by atoms with E-state index < -0.39 is 0 Å². The molecule has 0 aromatic carbocycles. The van der Waals surface area contributed by atoms with Gasteiger partial charge < -0.3 is 14.6 Å². The first-order valence-corrected chi connectivity index (χ1v) is 6.91. The monoisotopic (exact) mass is 251 g/mol. The lowest BCUT2D eigenvalue weighted by molar-refractivity contribution is -0.199. The third kappa shape index (κ3) is 1.56. The zero-order chi connectivity index (χ0) is 13.1. The third-order valence-electron chi connectivity index (χ3n) is 5.52. The summed E-state index contributed by atoms with van der Waals surface area (Å²) in [6.07, 6.45) is 3.01. The van der Waals surface area contributed by atoms with Crippen LogP contribution in [0.3, 0.4) is 0 Å². The number of hydrogen-bond donors (Lipinski definition) is 1. The molecule has 4 rings (SSSR count). The lowest BCUT2D eigenvalue weighted by Gasteiger charge is -2.64. The average molecular weight is 251 g/mol. The van der Waals surface area contributed by atoms with E-state index in [9.17, 15) is 4.79 Å². The van der Waals surface area contributed by atoms with Crippen molar-refractivity contribution in [2.24, 2.45) is 17.3 Å². The van der Waals surface area contributed by atoms with Crippen LogP contribution in [0.2, 0.25) is 0 Å². The first-order valence-electron chi connectivity index (χ1n) is 6.91. The summed E-state index contributed by atoms with van der Waals surface area (Å²) in [6, 6.07) is 0. The minimum atomic E-state index is -0.279. The van der Waals surface area contributed by atoms with E-state index in [2.05, 4.69) is 26.1 Å². The lowest BCUT2D eigenvalue weighted by Crippen LogP contribution is -2.65. The molecule has 0 unspecified atom stereocenters. The molecule has 0 radical (unpaired) electrons. The molecule has 1 heterocycles. The van der Waals surface area contributed by atoms with E-state index in [0.29, 0.717) is 17.8 Å². The summed E-state index contributed by atoms with van der Waals surface area (Å²) in [5.41, 5.74) is 0.207. The maximum atomic E-state index is 10.9. The molecule has 3 aliphatic carbocycles. The van der Waals surface area contributed by atoms with Gasteiger partial charge in [0.15, 0.2) is 0 Å². The number of hydrogen-bond acceptors (Lipinski definition) is 3. The number of rotatable bonds is 2. The predicted molar refractivity (Wildman–Crippen MR) is 68.8 cm³/mol. The van der Waals surface area contributed by atoms with Crippen molar-refractivity contribution in [1.82, 2.24) is 5.32 Å². The van der Waals surface area contributed by atoms with Crippen molar-refractivity contribution in [2.45, 2.75) is 52.2 Å². The molecule has 4 atom stereocenters. The van der Waals surface area contributed by atoms with Crippen molar-refractivity contribution >= 4 is 13.0 Å². The van der Waals surface area contributed by atoms with E-state index in [1.165, 1.54) is 13.3 Å². The van der Waals surface area contributed by atoms with Crippen LogP contribution < -0.4 is 5.32 Å². The molecule has 1 saturated heterocycles. The van der Waals surface area contributed by atoms with Crippen LogP contribution in [0.15, 0.2) is 0 Å². The van der Waals surface area contributed by atoms with E-state index in [4.69, 9.17) is 9.31 Å². The molecule has 3 saturated carbocycles. The lowest BCUT2D eigenvalue weighted by atomic mass is 9.43. The van der Waals surface area contributed by atoms with Crippen LogP contribution in [0.5, 0.6) is 0 Å². The van der Waals surface area contributed by atoms with Gasteiger partial charge in [-0.05, 0) is 37.0 Å². The molecule has 18 heavy (non-hydrogen) atoms. The Hall–Kier alpha value is -0.545. The molecule has 0 aromatic rings. The minimum Gasteiger partial charge on any atom is -0.404 e. The van der Waals surface area contributed by atoms with Crippen LogP contribution in [0.1, 0.15) is 40.5 Å². The molecule has 1 aliphatic heterocycles. The molecular weight excluding hydrogens is 229 g/mol. The van der Waals surface area contributed by atoms with Crippen LogP contribution in [0.4, 0.5) is 0 Å². The van der Waals surface area contributed by atoms with Gasteiger partial charge >= 0.3 is 7.12 Å². The summed E-state index contributed by atoms with van der Waals surface area (Å²) >= 11 is 0. The summed E-state index contributed by atoms with van der Waals surface area (Å²) in [6.45, 7) is 8.40. The molecule has 4 fully saturated rings. The predicted octanol–water partition coefficient (Wildman–Crippen LogP) is 1.39. The van der Waals surface area contributed by atoms with Gasteiger partial charge in [-0.1, -0.05) is 13.8 Å². The highest BCUT2D eigenvalue weighted by Crippen LogP contribution is 2.65. The zero-order valence-electron chi connectivity index (χ0n) is 11.7. The number of carbonyl (C=O) groups is 1. The number of nitrogens with one attached hydrogen (secondary N) is 1. The van der Waals surface area contributed by atoms with Crippen molar-refractivity contribution in [2.75, 3.05) is 6.44 Å². The fourth-order valence-electron chi connectivity index (χ4n) is 4.27. The second-order valence-electron chi connectivity index (χ2n) is 6.84. The Labute approximate surface area is 109 Å². The van der Waals surface area contributed by atoms with Gasteiger partial charge in [-0.2, -0.15) is 0 Å². The fourth-order valence-corrected chi connectivity index (χ4v) is 4.27. The molecule has 1 amide bonds. The topological polar surface area (TPSA) is 47.6 Å². The van der Waals surface area contributed by atoms with Gasteiger partial charge in [0.1, 0.15) is 0 Å². The van der Waals surface area contributed by atoms with Gasteiger partial charge in [0.25, 0.3) is 0 Å². The van der Waals surface area contributed by atoms with E-state index >= 15 is 0 Å². The average Bonchev–Trinajstić information content (AvgIpc) is 2.61. The van der Waals surface area contributed by atoms with E-state index in [-0.39, 0.29) is 24.7 Å². The Morgan fingerprint density at radius 3 is 2.72 bits per heavy atom. The molecule has 100 valence electrons. The van der Waals surface area contributed by atoms with Crippen molar-refractivity contribution in [3.8, 4) is 0 Å². The molecule has 1 N–H and O–H groups in total. The normalized spacial score (nSPS) is 44.2. The molecule has 0 aromatic heterocycles. The largest absolute Gasteiger partial charge is 0.478 e. The molecule has 4 nitrogen and oxygen atoms in total. The Balaban J connectivity index is 1.71. The number of carbonyl (C=O) groups excluding carboxylic acids is 1.